The quantitative estimate of drug-likeness (QED) is 0.895. The molecule has 1 aromatic rings. The highest BCUT2D eigenvalue weighted by Gasteiger charge is 2.24. The third-order valence-electron chi connectivity index (χ3n) is 5.16. The highest BCUT2D eigenvalue weighted by molar-refractivity contribution is 5.74. The molecule has 3 rings (SSSR count). The summed E-state index contributed by atoms with van der Waals surface area (Å²) in [6, 6.07) is 5.17. The number of rotatable bonds is 3. The van der Waals surface area contributed by atoms with Crippen LogP contribution in [0.25, 0.3) is 0 Å². The Morgan fingerprint density at radius 1 is 1.23 bits per heavy atom. The van der Waals surface area contributed by atoms with Crippen LogP contribution >= 0.6 is 0 Å². The molecule has 1 aromatic carbocycles. The number of amides is 2. The number of halogens is 1. The van der Waals surface area contributed by atoms with Crippen LogP contribution in [-0.2, 0) is 11.3 Å². The molecule has 6 heteroatoms. The maximum Gasteiger partial charge on any atom is 0.317 e. The number of hydrogen-bond acceptors (Lipinski definition) is 3. The molecule has 3 atom stereocenters. The topological polar surface area (TPSA) is 44.8 Å². The summed E-state index contributed by atoms with van der Waals surface area (Å²) in [5.41, 5.74) is 1.38. The lowest BCUT2D eigenvalue weighted by Crippen LogP contribution is -2.46. The van der Waals surface area contributed by atoms with Crippen LogP contribution in [0.4, 0.5) is 14.9 Å². The predicted molar refractivity (Wildman–Crippen MR) is 101 cm³/mol. The van der Waals surface area contributed by atoms with E-state index in [9.17, 15) is 9.18 Å². The highest BCUT2D eigenvalue weighted by atomic mass is 19.1. The first-order valence-electron chi connectivity index (χ1n) is 9.64. The van der Waals surface area contributed by atoms with E-state index in [0.29, 0.717) is 31.2 Å². The van der Waals surface area contributed by atoms with E-state index >= 15 is 0 Å². The third kappa shape index (κ3) is 4.67. The maximum atomic E-state index is 14.6. The number of nitrogens with one attached hydrogen (secondary N) is 1. The van der Waals surface area contributed by atoms with Gasteiger partial charge in [0.05, 0.1) is 17.9 Å². The second kappa shape index (κ2) is 8.25. The molecule has 0 bridgehead atoms. The molecular weight excluding hydrogens is 333 g/mol. The van der Waals surface area contributed by atoms with E-state index in [1.165, 1.54) is 12.5 Å². The molecule has 0 aromatic heterocycles. The molecule has 2 aliphatic heterocycles. The fourth-order valence-corrected chi connectivity index (χ4v) is 3.95. The summed E-state index contributed by atoms with van der Waals surface area (Å²) in [5, 5.41) is 2.92. The Bertz CT molecular complexity index is 629. The van der Waals surface area contributed by atoms with Crippen molar-refractivity contribution < 1.29 is 13.9 Å². The molecule has 0 spiro atoms. The van der Waals surface area contributed by atoms with Crippen molar-refractivity contribution in [2.75, 3.05) is 31.1 Å². The lowest BCUT2D eigenvalue weighted by molar-refractivity contribution is -0.00539. The van der Waals surface area contributed by atoms with Gasteiger partial charge < -0.3 is 19.9 Å². The molecule has 2 aliphatic rings. The van der Waals surface area contributed by atoms with Gasteiger partial charge >= 0.3 is 6.03 Å². The van der Waals surface area contributed by atoms with E-state index in [-0.39, 0.29) is 24.1 Å². The van der Waals surface area contributed by atoms with Crippen molar-refractivity contribution in [1.29, 1.82) is 0 Å². The van der Waals surface area contributed by atoms with Gasteiger partial charge in [-0.3, -0.25) is 0 Å². The fourth-order valence-electron chi connectivity index (χ4n) is 3.95. The number of anilines is 1. The molecule has 5 nitrogen and oxygen atoms in total. The summed E-state index contributed by atoms with van der Waals surface area (Å²) >= 11 is 0. The average molecular weight is 363 g/mol. The molecular formula is C20H30FN3O2. The summed E-state index contributed by atoms with van der Waals surface area (Å²) in [7, 11) is 0. The van der Waals surface area contributed by atoms with E-state index in [2.05, 4.69) is 12.2 Å². The monoisotopic (exact) mass is 363 g/mol. The zero-order valence-corrected chi connectivity index (χ0v) is 16.0. The minimum Gasteiger partial charge on any atom is -0.372 e. The number of carbonyl (C=O) groups excluding carboxylic acids is 1. The van der Waals surface area contributed by atoms with Crippen molar-refractivity contribution in [3.8, 4) is 0 Å². The molecule has 2 heterocycles. The zero-order chi connectivity index (χ0) is 18.7. The Balaban J connectivity index is 1.58. The molecule has 0 aliphatic carbocycles. The molecule has 2 amide bonds. The minimum atomic E-state index is -0.246. The van der Waals surface area contributed by atoms with Crippen LogP contribution in [0.3, 0.4) is 0 Å². The van der Waals surface area contributed by atoms with Gasteiger partial charge in [0.15, 0.2) is 0 Å². The van der Waals surface area contributed by atoms with Crippen LogP contribution in [0.15, 0.2) is 18.2 Å². The summed E-state index contributed by atoms with van der Waals surface area (Å²) in [4.78, 5) is 16.2. The van der Waals surface area contributed by atoms with Gasteiger partial charge in [-0.05, 0) is 50.3 Å². The smallest absolute Gasteiger partial charge is 0.317 e. The number of urea groups is 1. The standard InChI is InChI=1S/C20H30FN3O2/c1-14-5-4-8-23(11-14)20(25)22-10-17-6-7-19(18(21)9-17)24-12-15(2)26-16(3)13-24/h6-7,9,14-16H,4-5,8,10-13H2,1-3H3,(H,22,25). The van der Waals surface area contributed by atoms with Crippen molar-refractivity contribution >= 4 is 11.7 Å². The van der Waals surface area contributed by atoms with Crippen LogP contribution in [0, 0.1) is 11.7 Å². The van der Waals surface area contributed by atoms with Gasteiger partial charge in [-0.1, -0.05) is 13.0 Å². The Morgan fingerprint density at radius 3 is 2.62 bits per heavy atom. The molecule has 2 saturated heterocycles. The highest BCUT2D eigenvalue weighted by Crippen LogP contribution is 2.24. The summed E-state index contributed by atoms with van der Waals surface area (Å²) in [6.07, 6.45) is 2.40. The Labute approximate surface area is 155 Å². The van der Waals surface area contributed by atoms with Gasteiger partial charge in [0, 0.05) is 32.7 Å². The van der Waals surface area contributed by atoms with Crippen molar-refractivity contribution in [1.82, 2.24) is 10.2 Å². The first kappa shape index (κ1) is 19.0. The first-order valence-corrected chi connectivity index (χ1v) is 9.64. The SMILES string of the molecule is CC1CCCN(C(=O)NCc2ccc(N3CC(C)OC(C)C3)c(F)c2)C1. The van der Waals surface area contributed by atoms with Crippen LogP contribution in [-0.4, -0.2) is 49.3 Å². The van der Waals surface area contributed by atoms with Crippen LogP contribution in [0.5, 0.6) is 0 Å². The van der Waals surface area contributed by atoms with E-state index < -0.39 is 0 Å². The van der Waals surface area contributed by atoms with Crippen LogP contribution in [0.1, 0.15) is 39.2 Å². The first-order chi connectivity index (χ1) is 12.4. The van der Waals surface area contributed by atoms with E-state index in [0.717, 1.165) is 25.1 Å². The molecule has 0 radical (unpaired) electrons. The van der Waals surface area contributed by atoms with Crippen LogP contribution < -0.4 is 10.2 Å². The Morgan fingerprint density at radius 2 is 1.96 bits per heavy atom. The van der Waals surface area contributed by atoms with Gasteiger partial charge in [-0.15, -0.1) is 0 Å². The molecule has 1 N–H and O–H groups in total. The van der Waals surface area contributed by atoms with E-state index in [1.807, 2.05) is 35.8 Å². The lowest BCUT2D eigenvalue weighted by Gasteiger charge is -2.37. The van der Waals surface area contributed by atoms with Crippen molar-refractivity contribution in [2.24, 2.45) is 5.92 Å². The largest absolute Gasteiger partial charge is 0.372 e. The minimum absolute atomic E-state index is 0.0585. The number of morpholine rings is 1. The molecule has 26 heavy (non-hydrogen) atoms. The van der Waals surface area contributed by atoms with Gasteiger partial charge in [0.1, 0.15) is 5.82 Å². The summed E-state index contributed by atoms with van der Waals surface area (Å²) < 4.78 is 20.3. The number of likely N-dealkylation sites (tertiary alicyclic amines) is 1. The number of benzene rings is 1. The second-order valence-corrected chi connectivity index (χ2v) is 7.80. The van der Waals surface area contributed by atoms with Gasteiger partial charge in [-0.25, -0.2) is 9.18 Å². The van der Waals surface area contributed by atoms with Gasteiger partial charge in [0.2, 0.25) is 0 Å². The number of carbonyl (C=O) groups is 1. The number of hydrogen-bond donors (Lipinski definition) is 1. The van der Waals surface area contributed by atoms with Crippen LogP contribution in [0.2, 0.25) is 0 Å². The molecule has 144 valence electrons. The second-order valence-electron chi connectivity index (χ2n) is 7.80. The molecule has 0 saturated carbocycles. The van der Waals surface area contributed by atoms with Gasteiger partial charge in [-0.2, -0.15) is 0 Å². The third-order valence-corrected chi connectivity index (χ3v) is 5.16. The summed E-state index contributed by atoms with van der Waals surface area (Å²) in [6.45, 7) is 9.49. The average Bonchev–Trinajstić information content (AvgIpc) is 2.59. The number of piperidine rings is 1. The Kier molecular flexibility index (Phi) is 6.01. The van der Waals surface area contributed by atoms with Gasteiger partial charge in [0.25, 0.3) is 0 Å². The van der Waals surface area contributed by atoms with Crippen molar-refractivity contribution in [3.63, 3.8) is 0 Å². The Hall–Kier alpha value is -1.82. The zero-order valence-electron chi connectivity index (χ0n) is 16.0. The van der Waals surface area contributed by atoms with Crippen molar-refractivity contribution in [3.05, 3.63) is 29.6 Å². The maximum absolute atomic E-state index is 14.6. The normalized spacial score (nSPS) is 26.7. The van der Waals surface area contributed by atoms with Crippen molar-refractivity contribution in [2.45, 2.75) is 52.4 Å². The molecule has 3 unspecified atom stereocenters. The number of ether oxygens (including phenoxy) is 1. The predicted octanol–water partition coefficient (Wildman–Crippen LogP) is 3.38. The fraction of sp³-hybridized carbons (Fsp3) is 0.650. The lowest BCUT2D eigenvalue weighted by atomic mass is 10.0. The van der Waals surface area contributed by atoms with E-state index in [4.69, 9.17) is 4.74 Å². The summed E-state index contributed by atoms with van der Waals surface area (Å²) in [5.74, 6) is 0.300. The van der Waals surface area contributed by atoms with E-state index in [1.54, 1.807) is 0 Å². The number of nitrogens with zero attached hydrogens (tertiary/aromatic N) is 2. The molecule has 2 fully saturated rings.